The van der Waals surface area contributed by atoms with Crippen molar-refractivity contribution in [1.29, 1.82) is 0 Å². The lowest BCUT2D eigenvalue weighted by molar-refractivity contribution is -0.119. The highest BCUT2D eigenvalue weighted by Gasteiger charge is 2.33. The van der Waals surface area contributed by atoms with Crippen molar-refractivity contribution < 1.29 is 4.79 Å². The largest absolute Gasteiger partial charge is 0.361 e. The molecule has 84 valence electrons. The summed E-state index contributed by atoms with van der Waals surface area (Å²) in [6.07, 6.45) is 3.31. The number of hydrogen-bond acceptors (Lipinski definition) is 2. The van der Waals surface area contributed by atoms with Gasteiger partial charge in [0.15, 0.2) is 5.78 Å². The van der Waals surface area contributed by atoms with Crippen LogP contribution in [0.1, 0.15) is 25.3 Å². The zero-order valence-corrected chi connectivity index (χ0v) is 9.65. The van der Waals surface area contributed by atoms with Gasteiger partial charge in [-0.05, 0) is 37.8 Å². The molecule has 2 aliphatic rings. The average Bonchev–Trinajstić information content (AvgIpc) is 3.06. The minimum Gasteiger partial charge on any atom is -0.361 e. The molecular formula is C14H17NO. The molecule has 1 aliphatic carbocycles. The van der Waals surface area contributed by atoms with Gasteiger partial charge in [0, 0.05) is 17.6 Å². The first-order valence-electron chi connectivity index (χ1n) is 6.13. The third kappa shape index (κ3) is 1.62. The highest BCUT2D eigenvalue weighted by Crippen LogP contribution is 2.34. The monoisotopic (exact) mass is 215 g/mol. The van der Waals surface area contributed by atoms with Gasteiger partial charge in [0.05, 0.1) is 6.54 Å². The van der Waals surface area contributed by atoms with E-state index in [1.807, 2.05) is 0 Å². The molecule has 2 heteroatoms. The van der Waals surface area contributed by atoms with Crippen LogP contribution in [-0.4, -0.2) is 18.4 Å². The van der Waals surface area contributed by atoms with Crippen molar-refractivity contribution in [1.82, 2.24) is 0 Å². The normalized spacial score (nSPS) is 23.3. The molecule has 0 saturated heterocycles. The fourth-order valence-corrected chi connectivity index (χ4v) is 2.57. The maximum absolute atomic E-state index is 11.9. The van der Waals surface area contributed by atoms with Crippen molar-refractivity contribution in [2.75, 3.05) is 11.4 Å². The Balaban J connectivity index is 1.81. The topological polar surface area (TPSA) is 20.3 Å². The van der Waals surface area contributed by atoms with Crippen molar-refractivity contribution in [2.45, 2.75) is 32.2 Å². The molecular weight excluding hydrogens is 198 g/mol. The molecule has 2 nitrogen and oxygen atoms in total. The molecule has 1 atom stereocenters. The minimum absolute atomic E-state index is 0.375. The zero-order valence-electron chi connectivity index (χ0n) is 9.65. The molecule has 0 spiro atoms. The maximum Gasteiger partial charge on any atom is 0.155 e. The molecule has 0 bridgehead atoms. The molecule has 1 heterocycles. The fraction of sp³-hybridized carbons (Fsp3) is 0.500. The fourth-order valence-electron chi connectivity index (χ4n) is 2.57. The Hall–Kier alpha value is -1.31. The van der Waals surface area contributed by atoms with Gasteiger partial charge in [-0.25, -0.2) is 0 Å². The lowest BCUT2D eigenvalue weighted by atomic mass is 10.1. The Labute approximate surface area is 96.3 Å². The molecule has 3 rings (SSSR count). The van der Waals surface area contributed by atoms with Crippen LogP contribution in [0.4, 0.5) is 5.69 Å². The molecule has 1 saturated carbocycles. The van der Waals surface area contributed by atoms with Gasteiger partial charge >= 0.3 is 0 Å². The second-order valence-corrected chi connectivity index (χ2v) is 5.05. The first-order valence-corrected chi connectivity index (χ1v) is 6.13. The summed E-state index contributed by atoms with van der Waals surface area (Å²) in [5, 5.41) is 0. The maximum atomic E-state index is 11.9. The van der Waals surface area contributed by atoms with Crippen molar-refractivity contribution in [3.63, 3.8) is 0 Å². The van der Waals surface area contributed by atoms with E-state index in [0.29, 0.717) is 24.3 Å². The third-order valence-corrected chi connectivity index (χ3v) is 3.71. The summed E-state index contributed by atoms with van der Waals surface area (Å²) < 4.78 is 0. The predicted octanol–water partition coefficient (Wildman–Crippen LogP) is 2.42. The number of benzene rings is 1. The molecule has 0 aromatic heterocycles. The van der Waals surface area contributed by atoms with Crippen LogP contribution in [0, 0.1) is 5.92 Å². The smallest absolute Gasteiger partial charge is 0.155 e. The van der Waals surface area contributed by atoms with Crippen LogP contribution < -0.4 is 4.90 Å². The minimum atomic E-state index is 0.375. The lowest BCUT2D eigenvalue weighted by Gasteiger charge is -2.23. The summed E-state index contributed by atoms with van der Waals surface area (Å²) in [6, 6.07) is 8.93. The number of Topliss-reactive ketones (excluding diaryl/α,β-unsaturated/α-hetero) is 1. The van der Waals surface area contributed by atoms with Gasteiger partial charge in [0.1, 0.15) is 0 Å². The standard InChI is InChI=1S/C14H17NO/c1-10-8-12-4-2-3-5-13(12)15(10)9-14(16)11-6-7-11/h2-5,10-11H,6-9H2,1H3. The van der Waals surface area contributed by atoms with Gasteiger partial charge < -0.3 is 4.90 Å². The summed E-state index contributed by atoms with van der Waals surface area (Å²) in [5.41, 5.74) is 2.66. The molecule has 16 heavy (non-hydrogen) atoms. The Morgan fingerprint density at radius 3 is 2.88 bits per heavy atom. The van der Waals surface area contributed by atoms with E-state index in [1.54, 1.807) is 0 Å². The first-order chi connectivity index (χ1) is 7.75. The Kier molecular flexibility index (Phi) is 2.23. The molecule has 0 N–H and O–H groups in total. The van der Waals surface area contributed by atoms with E-state index in [2.05, 4.69) is 36.1 Å². The predicted molar refractivity (Wildman–Crippen MR) is 64.7 cm³/mol. The van der Waals surface area contributed by atoms with Crippen molar-refractivity contribution in [3.05, 3.63) is 29.8 Å². The quantitative estimate of drug-likeness (QED) is 0.771. The SMILES string of the molecule is CC1Cc2ccccc2N1CC(=O)C1CC1. The number of anilines is 1. The van der Waals surface area contributed by atoms with Gasteiger partial charge in [-0.15, -0.1) is 0 Å². The Morgan fingerprint density at radius 2 is 2.12 bits per heavy atom. The van der Waals surface area contributed by atoms with E-state index in [4.69, 9.17) is 0 Å². The molecule has 1 aromatic rings. The molecule has 0 radical (unpaired) electrons. The van der Waals surface area contributed by atoms with Gasteiger partial charge in [-0.1, -0.05) is 18.2 Å². The Bertz CT molecular complexity index is 422. The van der Waals surface area contributed by atoms with Crippen LogP contribution in [-0.2, 0) is 11.2 Å². The van der Waals surface area contributed by atoms with Gasteiger partial charge in [0.2, 0.25) is 0 Å². The van der Waals surface area contributed by atoms with Crippen molar-refractivity contribution in [2.24, 2.45) is 5.92 Å². The average molecular weight is 215 g/mol. The summed E-state index contributed by atoms with van der Waals surface area (Å²) in [5.74, 6) is 0.809. The molecule has 1 aliphatic heterocycles. The third-order valence-electron chi connectivity index (χ3n) is 3.71. The molecule has 1 unspecified atom stereocenters. The number of ketones is 1. The second-order valence-electron chi connectivity index (χ2n) is 5.05. The highest BCUT2D eigenvalue weighted by atomic mass is 16.1. The number of hydrogen-bond donors (Lipinski definition) is 0. The highest BCUT2D eigenvalue weighted by molar-refractivity contribution is 5.88. The summed E-state index contributed by atoms with van der Waals surface area (Å²) in [4.78, 5) is 14.1. The van der Waals surface area contributed by atoms with E-state index in [1.165, 1.54) is 11.3 Å². The van der Waals surface area contributed by atoms with Crippen molar-refractivity contribution >= 4 is 11.5 Å². The van der Waals surface area contributed by atoms with Crippen LogP contribution >= 0.6 is 0 Å². The number of carbonyl (C=O) groups excluding carboxylic acids is 1. The van der Waals surface area contributed by atoms with Gasteiger partial charge in [-0.2, -0.15) is 0 Å². The van der Waals surface area contributed by atoms with E-state index in [0.717, 1.165) is 19.3 Å². The van der Waals surface area contributed by atoms with Crippen molar-refractivity contribution in [3.8, 4) is 0 Å². The van der Waals surface area contributed by atoms with Crippen LogP contribution in [0.25, 0.3) is 0 Å². The summed E-state index contributed by atoms with van der Waals surface area (Å²) >= 11 is 0. The number of rotatable bonds is 3. The van der Waals surface area contributed by atoms with E-state index in [9.17, 15) is 4.79 Å². The number of nitrogens with zero attached hydrogens (tertiary/aromatic N) is 1. The Morgan fingerprint density at radius 1 is 1.38 bits per heavy atom. The van der Waals surface area contributed by atoms with Crippen LogP contribution in [0.5, 0.6) is 0 Å². The lowest BCUT2D eigenvalue weighted by Crippen LogP contribution is -2.35. The summed E-state index contributed by atoms with van der Waals surface area (Å²) in [6.45, 7) is 2.82. The number of para-hydroxylation sites is 1. The van der Waals surface area contributed by atoms with E-state index < -0.39 is 0 Å². The van der Waals surface area contributed by atoms with E-state index >= 15 is 0 Å². The molecule has 1 fully saturated rings. The zero-order chi connectivity index (χ0) is 11.1. The van der Waals surface area contributed by atoms with Crippen LogP contribution in [0.15, 0.2) is 24.3 Å². The number of carbonyl (C=O) groups is 1. The van der Waals surface area contributed by atoms with Crippen LogP contribution in [0.2, 0.25) is 0 Å². The summed E-state index contributed by atoms with van der Waals surface area (Å²) in [7, 11) is 0. The first kappa shape index (κ1) is 9.88. The van der Waals surface area contributed by atoms with E-state index in [-0.39, 0.29) is 0 Å². The second kappa shape index (κ2) is 3.62. The molecule has 0 amide bonds. The number of fused-ring (bicyclic) bond motifs is 1. The molecule has 1 aromatic carbocycles. The van der Waals surface area contributed by atoms with Gasteiger partial charge in [-0.3, -0.25) is 4.79 Å². The van der Waals surface area contributed by atoms with Gasteiger partial charge in [0.25, 0.3) is 0 Å². The van der Waals surface area contributed by atoms with Crippen LogP contribution in [0.3, 0.4) is 0 Å².